The summed E-state index contributed by atoms with van der Waals surface area (Å²) in [4.78, 5) is 18.0. The summed E-state index contributed by atoms with van der Waals surface area (Å²) in [6.07, 6.45) is 4.79. The minimum atomic E-state index is -1.02. The van der Waals surface area contributed by atoms with Crippen LogP contribution in [0.4, 0.5) is 8.78 Å². The number of hydrogen-bond acceptors (Lipinski definition) is 3. The second kappa shape index (κ2) is 6.73. The van der Waals surface area contributed by atoms with Crippen molar-refractivity contribution in [2.24, 2.45) is 0 Å². The van der Waals surface area contributed by atoms with Gasteiger partial charge in [0, 0.05) is 24.5 Å². The van der Waals surface area contributed by atoms with E-state index in [0.717, 1.165) is 25.0 Å². The molecule has 1 aliphatic heterocycles. The lowest BCUT2D eigenvalue weighted by molar-refractivity contribution is 0.0537. The maximum Gasteiger partial charge on any atom is 0.254 e. The van der Waals surface area contributed by atoms with E-state index in [1.165, 1.54) is 6.07 Å². The highest BCUT2D eigenvalue weighted by atomic mass is 19.2. The van der Waals surface area contributed by atoms with Gasteiger partial charge in [-0.15, -0.1) is 0 Å². The molecule has 0 N–H and O–H groups in total. The molecule has 2 heterocycles. The van der Waals surface area contributed by atoms with Crippen LogP contribution in [0.25, 0.3) is 0 Å². The van der Waals surface area contributed by atoms with Crippen molar-refractivity contribution in [3.05, 3.63) is 59.9 Å². The number of halogens is 2. The van der Waals surface area contributed by atoms with Crippen LogP contribution in [0, 0.1) is 11.6 Å². The number of hydrogen-bond donors (Lipinski definition) is 0. The molecule has 0 aliphatic carbocycles. The minimum absolute atomic E-state index is 0.125. The fraction of sp³-hybridized carbons (Fsp3) is 0.294. The monoisotopic (exact) mass is 318 g/mol. The predicted molar refractivity (Wildman–Crippen MR) is 80.1 cm³/mol. The zero-order chi connectivity index (χ0) is 16.2. The van der Waals surface area contributed by atoms with Crippen LogP contribution in [0.3, 0.4) is 0 Å². The third-order valence-corrected chi connectivity index (χ3v) is 3.78. The number of amides is 1. The Kier molecular flexibility index (Phi) is 4.50. The van der Waals surface area contributed by atoms with Gasteiger partial charge in [0.05, 0.1) is 6.54 Å². The first-order valence-corrected chi connectivity index (χ1v) is 7.44. The van der Waals surface area contributed by atoms with Crippen molar-refractivity contribution < 1.29 is 18.3 Å². The first-order valence-electron chi connectivity index (χ1n) is 7.44. The maximum absolute atomic E-state index is 13.3. The molecule has 2 aromatic rings. The summed E-state index contributed by atoms with van der Waals surface area (Å²) in [5.74, 6) is -1.59. The van der Waals surface area contributed by atoms with Crippen molar-refractivity contribution in [1.29, 1.82) is 0 Å². The van der Waals surface area contributed by atoms with E-state index < -0.39 is 11.6 Å². The highest BCUT2D eigenvalue weighted by Crippen LogP contribution is 2.20. The summed E-state index contributed by atoms with van der Waals surface area (Å²) in [6, 6.07) is 6.72. The topological polar surface area (TPSA) is 42.4 Å². The molecule has 0 saturated carbocycles. The number of piperidine rings is 1. The molecule has 1 atom stereocenters. The van der Waals surface area contributed by atoms with E-state index in [1.54, 1.807) is 29.4 Å². The second-order valence-corrected chi connectivity index (χ2v) is 5.45. The Labute approximate surface area is 132 Å². The number of likely N-dealkylation sites (tertiary alicyclic amines) is 1. The smallest absolute Gasteiger partial charge is 0.254 e. The number of rotatable bonds is 3. The van der Waals surface area contributed by atoms with E-state index >= 15 is 0 Å². The minimum Gasteiger partial charge on any atom is -0.488 e. The van der Waals surface area contributed by atoms with Crippen molar-refractivity contribution >= 4 is 5.91 Å². The number of ether oxygens (including phenoxy) is 1. The fourth-order valence-corrected chi connectivity index (χ4v) is 2.64. The van der Waals surface area contributed by atoms with Gasteiger partial charge < -0.3 is 9.64 Å². The van der Waals surface area contributed by atoms with Crippen LogP contribution in [-0.4, -0.2) is 35.0 Å². The van der Waals surface area contributed by atoms with Gasteiger partial charge in [-0.2, -0.15) is 0 Å². The largest absolute Gasteiger partial charge is 0.488 e. The molecule has 0 spiro atoms. The van der Waals surface area contributed by atoms with Gasteiger partial charge in [0.2, 0.25) is 0 Å². The first kappa shape index (κ1) is 15.4. The lowest BCUT2D eigenvalue weighted by Gasteiger charge is -2.33. The second-order valence-electron chi connectivity index (χ2n) is 5.45. The maximum atomic E-state index is 13.3. The quantitative estimate of drug-likeness (QED) is 0.873. The molecule has 1 fully saturated rings. The fourth-order valence-electron chi connectivity index (χ4n) is 2.64. The van der Waals surface area contributed by atoms with Crippen LogP contribution in [0.5, 0.6) is 5.75 Å². The molecule has 1 aliphatic rings. The Balaban J connectivity index is 1.68. The van der Waals surface area contributed by atoms with E-state index in [-0.39, 0.29) is 17.6 Å². The first-order chi connectivity index (χ1) is 11.1. The highest BCUT2D eigenvalue weighted by molar-refractivity contribution is 5.94. The van der Waals surface area contributed by atoms with Crippen molar-refractivity contribution in [3.8, 4) is 5.75 Å². The van der Waals surface area contributed by atoms with Crippen LogP contribution < -0.4 is 4.74 Å². The summed E-state index contributed by atoms with van der Waals surface area (Å²) in [7, 11) is 0. The van der Waals surface area contributed by atoms with Gasteiger partial charge in [-0.25, -0.2) is 8.78 Å². The molecule has 1 amide bonds. The van der Waals surface area contributed by atoms with Gasteiger partial charge in [0.25, 0.3) is 5.91 Å². The van der Waals surface area contributed by atoms with Gasteiger partial charge in [-0.1, -0.05) is 0 Å². The molecule has 0 bridgehead atoms. The van der Waals surface area contributed by atoms with E-state index in [0.29, 0.717) is 18.8 Å². The molecule has 0 radical (unpaired) electrons. The Morgan fingerprint density at radius 1 is 1.17 bits per heavy atom. The molecule has 120 valence electrons. The van der Waals surface area contributed by atoms with E-state index in [4.69, 9.17) is 4.74 Å². The Morgan fingerprint density at radius 2 is 1.96 bits per heavy atom. The standard InChI is InChI=1S/C17H16F2N2O2/c18-15-4-3-12(10-16(15)19)17(22)21-9-1-2-14(11-21)23-13-5-7-20-8-6-13/h3-8,10,14H,1-2,9,11H2/t14-/m0/s1. The molecule has 1 aromatic carbocycles. The predicted octanol–water partition coefficient (Wildman–Crippen LogP) is 3.04. The number of benzene rings is 1. The molecule has 3 rings (SSSR count). The zero-order valence-corrected chi connectivity index (χ0v) is 12.4. The van der Waals surface area contributed by atoms with E-state index in [9.17, 15) is 13.6 Å². The van der Waals surface area contributed by atoms with Crippen molar-refractivity contribution in [2.45, 2.75) is 18.9 Å². The lowest BCUT2D eigenvalue weighted by Crippen LogP contribution is -2.44. The average Bonchev–Trinajstić information content (AvgIpc) is 2.58. The summed E-state index contributed by atoms with van der Waals surface area (Å²) in [6.45, 7) is 0.994. The number of carbonyl (C=O) groups is 1. The molecular formula is C17H16F2N2O2. The molecular weight excluding hydrogens is 302 g/mol. The van der Waals surface area contributed by atoms with E-state index in [1.807, 2.05) is 0 Å². The summed E-state index contributed by atoms with van der Waals surface area (Å²) in [5, 5.41) is 0. The van der Waals surface area contributed by atoms with Crippen LogP contribution in [0.1, 0.15) is 23.2 Å². The van der Waals surface area contributed by atoms with Gasteiger partial charge in [0.1, 0.15) is 11.9 Å². The Bertz CT molecular complexity index is 694. The van der Waals surface area contributed by atoms with Crippen LogP contribution in [0.2, 0.25) is 0 Å². The van der Waals surface area contributed by atoms with Crippen molar-refractivity contribution in [1.82, 2.24) is 9.88 Å². The molecule has 1 aromatic heterocycles. The lowest BCUT2D eigenvalue weighted by atomic mass is 10.1. The molecule has 0 unspecified atom stereocenters. The van der Waals surface area contributed by atoms with Crippen LogP contribution in [0.15, 0.2) is 42.7 Å². The van der Waals surface area contributed by atoms with Crippen molar-refractivity contribution in [2.75, 3.05) is 13.1 Å². The van der Waals surface area contributed by atoms with Gasteiger partial charge in [0.15, 0.2) is 11.6 Å². The van der Waals surface area contributed by atoms with Crippen LogP contribution in [-0.2, 0) is 0 Å². The average molecular weight is 318 g/mol. The third kappa shape index (κ3) is 3.64. The highest BCUT2D eigenvalue weighted by Gasteiger charge is 2.26. The normalized spacial score (nSPS) is 17.8. The van der Waals surface area contributed by atoms with E-state index in [2.05, 4.69) is 4.98 Å². The summed E-state index contributed by atoms with van der Waals surface area (Å²) in [5.41, 5.74) is 0.147. The number of aromatic nitrogens is 1. The van der Waals surface area contributed by atoms with Crippen molar-refractivity contribution in [3.63, 3.8) is 0 Å². The third-order valence-electron chi connectivity index (χ3n) is 3.78. The number of carbonyl (C=O) groups excluding carboxylic acids is 1. The molecule has 1 saturated heterocycles. The molecule has 23 heavy (non-hydrogen) atoms. The molecule has 4 nitrogen and oxygen atoms in total. The summed E-state index contributed by atoms with van der Waals surface area (Å²) >= 11 is 0. The number of nitrogens with zero attached hydrogens (tertiary/aromatic N) is 2. The zero-order valence-electron chi connectivity index (χ0n) is 12.4. The molecule has 6 heteroatoms. The van der Waals surface area contributed by atoms with Gasteiger partial charge in [-0.05, 0) is 43.2 Å². The summed E-state index contributed by atoms with van der Waals surface area (Å²) < 4.78 is 32.1. The van der Waals surface area contributed by atoms with Crippen LogP contribution >= 0.6 is 0 Å². The number of pyridine rings is 1. The van der Waals surface area contributed by atoms with Gasteiger partial charge in [-0.3, -0.25) is 9.78 Å². The SMILES string of the molecule is O=C(c1ccc(F)c(F)c1)N1CCC[C@H](Oc2ccncc2)C1. The van der Waals surface area contributed by atoms with Gasteiger partial charge >= 0.3 is 0 Å². The Morgan fingerprint density at radius 3 is 2.70 bits per heavy atom. The Hall–Kier alpha value is -2.50.